The van der Waals surface area contributed by atoms with Crippen molar-refractivity contribution in [2.75, 3.05) is 10.6 Å². The molecule has 26 heavy (non-hydrogen) atoms. The van der Waals surface area contributed by atoms with Gasteiger partial charge in [-0.15, -0.1) is 0 Å². The van der Waals surface area contributed by atoms with Gasteiger partial charge in [-0.25, -0.2) is 4.79 Å². The van der Waals surface area contributed by atoms with Crippen LogP contribution in [0.4, 0.5) is 11.4 Å². The second kappa shape index (κ2) is 7.92. The van der Waals surface area contributed by atoms with Gasteiger partial charge in [-0.3, -0.25) is 0 Å². The van der Waals surface area contributed by atoms with Gasteiger partial charge in [-0.1, -0.05) is 18.9 Å². The van der Waals surface area contributed by atoms with E-state index in [1.54, 1.807) is 24.3 Å². The molecule has 5 nitrogen and oxygen atoms in total. The monoisotopic (exact) mass is 349 g/mol. The molecule has 1 aliphatic rings. The van der Waals surface area contributed by atoms with E-state index in [4.69, 9.17) is 5.26 Å². The molecule has 1 saturated carbocycles. The zero-order chi connectivity index (χ0) is 18.5. The number of anilines is 2. The first-order valence-electron chi connectivity index (χ1n) is 8.93. The van der Waals surface area contributed by atoms with Crippen LogP contribution >= 0.6 is 0 Å². The van der Waals surface area contributed by atoms with E-state index in [9.17, 15) is 9.90 Å². The first-order chi connectivity index (χ1) is 12.5. The summed E-state index contributed by atoms with van der Waals surface area (Å²) in [5.41, 5.74) is 3.92. The molecule has 3 N–H and O–H groups in total. The molecule has 0 heterocycles. The molecule has 1 atom stereocenters. The van der Waals surface area contributed by atoms with Crippen molar-refractivity contribution < 1.29 is 9.90 Å². The second-order valence-electron chi connectivity index (χ2n) is 6.86. The summed E-state index contributed by atoms with van der Waals surface area (Å²) in [7, 11) is 0. The number of nitrogens with zero attached hydrogens (tertiary/aromatic N) is 1. The van der Waals surface area contributed by atoms with Gasteiger partial charge >= 0.3 is 5.97 Å². The van der Waals surface area contributed by atoms with Crippen LogP contribution in [0.2, 0.25) is 0 Å². The van der Waals surface area contributed by atoms with Crippen molar-refractivity contribution in [1.29, 1.82) is 5.26 Å². The van der Waals surface area contributed by atoms with Gasteiger partial charge < -0.3 is 15.7 Å². The van der Waals surface area contributed by atoms with Gasteiger partial charge in [0.05, 0.1) is 11.6 Å². The molecule has 0 radical (unpaired) electrons. The summed E-state index contributed by atoms with van der Waals surface area (Å²) in [5, 5.41) is 25.2. The summed E-state index contributed by atoms with van der Waals surface area (Å²) in [6.45, 7) is 1.98. The fourth-order valence-corrected chi connectivity index (χ4v) is 3.46. The Morgan fingerprint density at radius 2 is 1.85 bits per heavy atom. The van der Waals surface area contributed by atoms with Crippen LogP contribution in [0.5, 0.6) is 0 Å². The molecular formula is C21H23N3O2. The fourth-order valence-electron chi connectivity index (χ4n) is 3.46. The Labute approximate surface area is 153 Å². The molecule has 2 aromatic rings. The van der Waals surface area contributed by atoms with Crippen LogP contribution in [0.3, 0.4) is 0 Å². The molecule has 1 aliphatic carbocycles. The molecule has 3 rings (SSSR count). The summed E-state index contributed by atoms with van der Waals surface area (Å²) in [4.78, 5) is 11.9. The lowest BCUT2D eigenvalue weighted by molar-refractivity contribution is -0.138. The first-order valence-corrected chi connectivity index (χ1v) is 8.93. The molecule has 0 spiro atoms. The number of benzene rings is 2. The van der Waals surface area contributed by atoms with E-state index in [1.165, 1.54) is 12.8 Å². The summed E-state index contributed by atoms with van der Waals surface area (Å²) in [6, 6.07) is 14.3. The van der Waals surface area contributed by atoms with Crippen LogP contribution < -0.4 is 10.6 Å². The lowest BCUT2D eigenvalue weighted by atomic mass is 10.0. The van der Waals surface area contributed by atoms with E-state index in [0.717, 1.165) is 24.1 Å². The normalized spacial score (nSPS) is 15.2. The van der Waals surface area contributed by atoms with Gasteiger partial charge in [-0.2, -0.15) is 5.26 Å². The Kier molecular flexibility index (Phi) is 5.43. The van der Waals surface area contributed by atoms with Gasteiger partial charge in [-0.05, 0) is 67.3 Å². The highest BCUT2D eigenvalue weighted by Gasteiger charge is 2.21. The molecule has 134 valence electrons. The van der Waals surface area contributed by atoms with Crippen LogP contribution in [0, 0.1) is 18.3 Å². The predicted octanol–water partition coefficient (Wildman–Crippen LogP) is 4.46. The number of carboxylic acid groups (broad SMARTS) is 1. The molecule has 0 bridgehead atoms. The SMILES string of the molecule is Cc1cc(NC2CCCC2)cc(C(Nc2ccc(C#N)cc2)C(=O)O)c1. The van der Waals surface area contributed by atoms with Gasteiger partial charge in [0.2, 0.25) is 0 Å². The quantitative estimate of drug-likeness (QED) is 0.717. The van der Waals surface area contributed by atoms with Crippen LogP contribution in [-0.4, -0.2) is 17.1 Å². The zero-order valence-electron chi connectivity index (χ0n) is 14.8. The number of hydrogen-bond acceptors (Lipinski definition) is 4. The highest BCUT2D eigenvalue weighted by atomic mass is 16.4. The van der Waals surface area contributed by atoms with Crippen LogP contribution in [-0.2, 0) is 4.79 Å². The standard InChI is InChI=1S/C21H23N3O2/c1-14-10-16(12-19(11-14)23-17-4-2-3-5-17)20(21(25)26)24-18-8-6-15(13-22)7-9-18/h6-12,17,20,23-24H,2-5H2,1H3,(H,25,26). The third-order valence-electron chi connectivity index (χ3n) is 4.73. The third-order valence-corrected chi connectivity index (χ3v) is 4.73. The second-order valence-corrected chi connectivity index (χ2v) is 6.86. The van der Waals surface area contributed by atoms with E-state index < -0.39 is 12.0 Å². The van der Waals surface area contributed by atoms with E-state index in [0.29, 0.717) is 22.9 Å². The highest BCUT2D eigenvalue weighted by Crippen LogP contribution is 2.27. The molecular weight excluding hydrogens is 326 g/mol. The molecule has 0 saturated heterocycles. The maximum absolute atomic E-state index is 11.9. The first kappa shape index (κ1) is 17.8. The maximum atomic E-state index is 11.9. The van der Waals surface area contributed by atoms with Crippen LogP contribution in [0.15, 0.2) is 42.5 Å². The molecule has 2 aromatic carbocycles. The Bertz CT molecular complexity index is 818. The lowest BCUT2D eigenvalue weighted by Crippen LogP contribution is -2.21. The van der Waals surface area contributed by atoms with Crippen LogP contribution in [0.1, 0.15) is 48.4 Å². The fraction of sp³-hybridized carbons (Fsp3) is 0.333. The Morgan fingerprint density at radius 1 is 1.15 bits per heavy atom. The number of rotatable bonds is 6. The average molecular weight is 349 g/mol. The van der Waals surface area contributed by atoms with E-state index in [2.05, 4.69) is 22.8 Å². The average Bonchev–Trinajstić information content (AvgIpc) is 3.12. The van der Waals surface area contributed by atoms with Gasteiger partial charge in [0.15, 0.2) is 6.04 Å². The van der Waals surface area contributed by atoms with Crippen molar-refractivity contribution in [3.63, 3.8) is 0 Å². The molecule has 0 aromatic heterocycles. The number of nitriles is 1. The molecule has 1 fully saturated rings. The summed E-state index contributed by atoms with van der Waals surface area (Å²) in [6.07, 6.45) is 4.81. The number of carbonyl (C=O) groups is 1. The summed E-state index contributed by atoms with van der Waals surface area (Å²) < 4.78 is 0. The minimum absolute atomic E-state index is 0.472. The van der Waals surface area contributed by atoms with E-state index >= 15 is 0 Å². The topological polar surface area (TPSA) is 85.1 Å². The smallest absolute Gasteiger partial charge is 0.330 e. The number of aryl methyl sites for hydroxylation is 1. The van der Waals surface area contributed by atoms with Gasteiger partial charge in [0.25, 0.3) is 0 Å². The number of aliphatic carboxylic acids is 1. The van der Waals surface area contributed by atoms with Gasteiger partial charge in [0.1, 0.15) is 0 Å². The Morgan fingerprint density at radius 3 is 2.46 bits per heavy atom. The lowest BCUT2D eigenvalue weighted by Gasteiger charge is -2.20. The van der Waals surface area contributed by atoms with Gasteiger partial charge in [0, 0.05) is 17.4 Å². The number of nitrogens with one attached hydrogen (secondary N) is 2. The van der Waals surface area contributed by atoms with Crippen molar-refractivity contribution in [1.82, 2.24) is 0 Å². The minimum Gasteiger partial charge on any atom is -0.479 e. The van der Waals surface area contributed by atoms with Crippen molar-refractivity contribution in [2.24, 2.45) is 0 Å². The third kappa shape index (κ3) is 4.34. The largest absolute Gasteiger partial charge is 0.479 e. The molecule has 1 unspecified atom stereocenters. The predicted molar refractivity (Wildman–Crippen MR) is 102 cm³/mol. The number of carboxylic acids is 1. The number of hydrogen-bond donors (Lipinski definition) is 3. The highest BCUT2D eigenvalue weighted by molar-refractivity contribution is 5.80. The zero-order valence-corrected chi connectivity index (χ0v) is 14.8. The maximum Gasteiger partial charge on any atom is 0.330 e. The molecule has 0 aliphatic heterocycles. The van der Waals surface area contributed by atoms with E-state index in [1.807, 2.05) is 19.1 Å². The van der Waals surface area contributed by atoms with Crippen molar-refractivity contribution in [3.05, 3.63) is 59.2 Å². The Hall–Kier alpha value is -3.00. The summed E-state index contributed by atoms with van der Waals surface area (Å²) in [5.74, 6) is -0.938. The van der Waals surface area contributed by atoms with Crippen molar-refractivity contribution >= 4 is 17.3 Å². The molecule has 0 amide bonds. The minimum atomic E-state index is -0.938. The van der Waals surface area contributed by atoms with Crippen molar-refractivity contribution in [3.8, 4) is 6.07 Å². The van der Waals surface area contributed by atoms with Crippen molar-refractivity contribution in [2.45, 2.75) is 44.7 Å². The summed E-state index contributed by atoms with van der Waals surface area (Å²) >= 11 is 0. The van der Waals surface area contributed by atoms with E-state index in [-0.39, 0.29) is 0 Å². The Balaban J connectivity index is 1.83. The molecule has 5 heteroatoms. The van der Waals surface area contributed by atoms with Crippen LogP contribution in [0.25, 0.3) is 0 Å².